The van der Waals surface area contributed by atoms with Gasteiger partial charge in [0.25, 0.3) is 0 Å². The number of rotatable bonds is 7. The highest BCUT2D eigenvalue weighted by Crippen LogP contribution is 2.48. The van der Waals surface area contributed by atoms with Gasteiger partial charge in [0.15, 0.2) is 5.82 Å². The maximum Gasteiger partial charge on any atom is 0.319 e. The molecule has 2 aromatic carbocycles. The molecule has 266 valence electrons. The quantitative estimate of drug-likeness (QED) is 0.240. The van der Waals surface area contributed by atoms with Crippen molar-refractivity contribution in [3.05, 3.63) is 47.7 Å². The second-order valence-electron chi connectivity index (χ2n) is 14.5. The lowest BCUT2D eigenvalue weighted by Crippen LogP contribution is -2.54. The fourth-order valence-electron chi connectivity index (χ4n) is 8.94. The minimum atomic E-state index is -0.744. The maximum absolute atomic E-state index is 17.0. The van der Waals surface area contributed by atoms with Crippen molar-refractivity contribution in [2.75, 3.05) is 57.4 Å². The Hall–Kier alpha value is -4.60. The third-order valence-corrected chi connectivity index (χ3v) is 11.4. The van der Waals surface area contributed by atoms with E-state index in [9.17, 15) is 14.3 Å². The van der Waals surface area contributed by atoms with Gasteiger partial charge in [0.1, 0.15) is 28.6 Å². The molecule has 3 unspecified atom stereocenters. The Morgan fingerprint density at radius 1 is 1.10 bits per heavy atom. The fraction of sp³-hybridized carbons (Fsp3) is 0.487. The molecule has 8 rings (SSSR count). The molecule has 4 aromatic rings. The van der Waals surface area contributed by atoms with Gasteiger partial charge in [-0.25, -0.2) is 8.78 Å². The number of nitrogens with one attached hydrogen (secondary N) is 1. The number of phenolic OH excluding ortho intramolecular Hbond substituents is 1. The molecule has 10 nitrogen and oxygen atoms in total. The molecular formula is C39H42F2N6O4. The van der Waals surface area contributed by atoms with E-state index in [2.05, 4.69) is 31.0 Å². The number of carbonyl (C=O) groups is 1. The Morgan fingerprint density at radius 2 is 1.98 bits per heavy atom. The molecule has 3 aliphatic heterocycles. The third-order valence-electron chi connectivity index (χ3n) is 11.4. The minimum Gasteiger partial charge on any atom is -0.508 e. The molecular weight excluding hydrogens is 654 g/mol. The van der Waals surface area contributed by atoms with E-state index in [1.165, 1.54) is 30.5 Å². The number of benzene rings is 2. The average Bonchev–Trinajstić information content (AvgIpc) is 3.39. The molecule has 4 aliphatic rings. The van der Waals surface area contributed by atoms with E-state index in [-0.39, 0.29) is 50.8 Å². The summed E-state index contributed by atoms with van der Waals surface area (Å²) in [5.74, 6) is 1.98. The largest absolute Gasteiger partial charge is 0.508 e. The summed E-state index contributed by atoms with van der Waals surface area (Å²) in [5.41, 5.74) is -0.0542. The van der Waals surface area contributed by atoms with Crippen LogP contribution in [0.3, 0.4) is 0 Å². The number of carbonyl (C=O) groups excluding carboxylic acids is 1. The number of hydrogen-bond acceptors (Lipinski definition) is 9. The van der Waals surface area contributed by atoms with E-state index in [1.807, 2.05) is 0 Å². The number of ether oxygens (including phenoxy) is 2. The summed E-state index contributed by atoms with van der Waals surface area (Å²) >= 11 is 0. The van der Waals surface area contributed by atoms with Crippen molar-refractivity contribution in [1.82, 2.24) is 25.2 Å². The molecule has 3 atom stereocenters. The van der Waals surface area contributed by atoms with Crippen LogP contribution in [0.15, 0.2) is 30.5 Å². The normalized spacial score (nSPS) is 24.3. The Labute approximate surface area is 295 Å². The molecule has 1 amide bonds. The van der Waals surface area contributed by atoms with Gasteiger partial charge in [-0.15, -0.1) is 6.42 Å². The Balaban J connectivity index is 1.17. The SMILES string of the molecule is C#Cc1c(F)ccc2cc(O)cc(-c3ncc4c(N5CCCOCC5)nc(OCC56CCCC5N(CC5CCC(=O)NC5)CCC6)nc4c3F)c12. The summed E-state index contributed by atoms with van der Waals surface area (Å²) in [6.45, 7) is 5.43. The first-order chi connectivity index (χ1) is 24.8. The molecule has 2 aromatic heterocycles. The van der Waals surface area contributed by atoms with Gasteiger partial charge in [-0.1, -0.05) is 18.4 Å². The standard InChI is InChI=1S/C39H42F2N6O4/c1-2-27-30(40)9-8-25-18-26(48)19-28(33(25)27)35-34(41)36-29(21-43-35)37(46-14-5-16-50-17-15-46)45-38(44-36)51-23-39-11-3-6-31(39)47(13-4-12-39)22-24-7-10-32(49)42-20-24/h1,8-9,18-19,21,24,31,48H,3-7,10-17,20,22-23H2,(H,42,49). The molecule has 0 radical (unpaired) electrons. The number of pyridine rings is 1. The number of hydrogen-bond donors (Lipinski definition) is 2. The molecule has 12 heteroatoms. The van der Waals surface area contributed by atoms with Crippen LogP contribution in [0, 0.1) is 35.3 Å². The summed E-state index contributed by atoms with van der Waals surface area (Å²) in [7, 11) is 0. The van der Waals surface area contributed by atoms with Crippen LogP contribution in [0.5, 0.6) is 11.8 Å². The highest BCUT2D eigenvalue weighted by atomic mass is 19.1. The summed E-state index contributed by atoms with van der Waals surface area (Å²) in [6.07, 6.45) is 14.8. The summed E-state index contributed by atoms with van der Waals surface area (Å²) in [4.78, 5) is 30.5. The molecule has 51 heavy (non-hydrogen) atoms. The lowest BCUT2D eigenvalue weighted by Gasteiger charge is -2.47. The van der Waals surface area contributed by atoms with E-state index < -0.39 is 11.6 Å². The zero-order valence-corrected chi connectivity index (χ0v) is 28.6. The Kier molecular flexibility index (Phi) is 9.11. The lowest BCUT2D eigenvalue weighted by molar-refractivity contribution is -0.123. The van der Waals surface area contributed by atoms with Gasteiger partial charge in [-0.3, -0.25) is 14.7 Å². The van der Waals surface area contributed by atoms with Crippen molar-refractivity contribution in [2.24, 2.45) is 11.3 Å². The summed E-state index contributed by atoms with van der Waals surface area (Å²) < 4.78 is 44.1. The van der Waals surface area contributed by atoms with Crippen LogP contribution >= 0.6 is 0 Å². The van der Waals surface area contributed by atoms with E-state index in [4.69, 9.17) is 20.9 Å². The summed E-state index contributed by atoms with van der Waals surface area (Å²) in [6, 6.07) is 5.97. The van der Waals surface area contributed by atoms with Crippen LogP contribution in [0.4, 0.5) is 14.6 Å². The van der Waals surface area contributed by atoms with Crippen molar-refractivity contribution < 1.29 is 28.2 Å². The molecule has 0 spiro atoms. The second kappa shape index (κ2) is 13.8. The topological polar surface area (TPSA) is 113 Å². The van der Waals surface area contributed by atoms with Gasteiger partial charge in [0.2, 0.25) is 5.91 Å². The van der Waals surface area contributed by atoms with Crippen molar-refractivity contribution in [3.8, 4) is 35.4 Å². The van der Waals surface area contributed by atoms with Gasteiger partial charge in [-0.2, -0.15) is 9.97 Å². The molecule has 3 saturated heterocycles. The van der Waals surface area contributed by atoms with Gasteiger partial charge < -0.3 is 24.8 Å². The van der Waals surface area contributed by atoms with Gasteiger partial charge in [0.05, 0.1) is 24.2 Å². The smallest absolute Gasteiger partial charge is 0.319 e. The van der Waals surface area contributed by atoms with Crippen molar-refractivity contribution in [2.45, 2.75) is 57.4 Å². The van der Waals surface area contributed by atoms with Crippen LogP contribution in [-0.4, -0.2) is 89.5 Å². The molecule has 1 aliphatic carbocycles. The van der Waals surface area contributed by atoms with Crippen LogP contribution in [0.1, 0.15) is 56.9 Å². The zero-order chi connectivity index (χ0) is 35.1. The molecule has 4 fully saturated rings. The molecule has 5 heterocycles. The highest BCUT2D eigenvalue weighted by Gasteiger charge is 2.49. The lowest BCUT2D eigenvalue weighted by atomic mass is 9.75. The number of terminal acetylenes is 1. The van der Waals surface area contributed by atoms with E-state index >= 15 is 4.39 Å². The number of halogens is 2. The first kappa shape index (κ1) is 33.5. The zero-order valence-electron chi connectivity index (χ0n) is 28.6. The van der Waals surface area contributed by atoms with Crippen LogP contribution < -0.4 is 15.0 Å². The predicted octanol–water partition coefficient (Wildman–Crippen LogP) is 5.58. The third kappa shape index (κ3) is 6.31. The molecule has 2 N–H and O–H groups in total. The van der Waals surface area contributed by atoms with E-state index in [0.717, 1.165) is 64.6 Å². The number of fused-ring (bicyclic) bond motifs is 3. The van der Waals surface area contributed by atoms with Crippen LogP contribution in [0.2, 0.25) is 0 Å². The number of nitrogens with zero attached hydrogens (tertiary/aromatic N) is 5. The average molecular weight is 697 g/mol. The maximum atomic E-state index is 17.0. The first-order valence-corrected chi connectivity index (χ1v) is 18.1. The fourth-order valence-corrected chi connectivity index (χ4v) is 8.94. The van der Waals surface area contributed by atoms with Gasteiger partial charge in [0, 0.05) is 67.8 Å². The highest BCUT2D eigenvalue weighted by molar-refractivity contribution is 6.03. The van der Waals surface area contributed by atoms with Crippen LogP contribution in [-0.2, 0) is 9.53 Å². The van der Waals surface area contributed by atoms with E-state index in [1.54, 1.807) is 0 Å². The number of piperidine rings is 2. The van der Waals surface area contributed by atoms with Crippen molar-refractivity contribution >= 4 is 33.4 Å². The van der Waals surface area contributed by atoms with Crippen LogP contribution in [0.25, 0.3) is 32.9 Å². The number of aromatic nitrogens is 3. The second-order valence-corrected chi connectivity index (χ2v) is 14.5. The number of amides is 1. The predicted molar refractivity (Wildman–Crippen MR) is 190 cm³/mol. The Morgan fingerprint density at radius 3 is 2.82 bits per heavy atom. The first-order valence-electron chi connectivity index (χ1n) is 18.1. The molecule has 1 saturated carbocycles. The number of aromatic hydroxyl groups is 1. The number of phenols is 1. The Bertz CT molecular complexity index is 2020. The minimum absolute atomic E-state index is 0.0189. The van der Waals surface area contributed by atoms with Gasteiger partial charge >= 0.3 is 6.01 Å². The molecule has 0 bridgehead atoms. The van der Waals surface area contributed by atoms with E-state index in [0.29, 0.717) is 67.9 Å². The number of likely N-dealkylation sites (tertiary alicyclic amines) is 1. The number of anilines is 1. The van der Waals surface area contributed by atoms with Crippen molar-refractivity contribution in [3.63, 3.8) is 0 Å². The van der Waals surface area contributed by atoms with Gasteiger partial charge in [-0.05, 0) is 74.6 Å². The summed E-state index contributed by atoms with van der Waals surface area (Å²) in [5, 5.41) is 14.8. The van der Waals surface area contributed by atoms with Crippen molar-refractivity contribution in [1.29, 1.82) is 0 Å². The monoisotopic (exact) mass is 696 g/mol.